The topological polar surface area (TPSA) is 12.4 Å². The Balaban J connectivity index is 2.17. The maximum atomic E-state index is 12.5. The molecule has 0 aliphatic carbocycles. The van der Waals surface area contributed by atoms with E-state index in [9.17, 15) is 13.2 Å². The fourth-order valence-corrected chi connectivity index (χ4v) is 1.90. The molecule has 0 saturated heterocycles. The van der Waals surface area contributed by atoms with Gasteiger partial charge in [-0.05, 0) is 42.7 Å². The normalized spacial score (nSPS) is 11.3. The Kier molecular flexibility index (Phi) is 4.46. The van der Waals surface area contributed by atoms with E-state index < -0.39 is 11.7 Å². The Morgan fingerprint density at radius 3 is 1.76 bits per heavy atom. The van der Waals surface area contributed by atoms with Gasteiger partial charge in [-0.3, -0.25) is 4.99 Å². The number of hydrogen-bond donors (Lipinski definition) is 0. The lowest BCUT2D eigenvalue weighted by molar-refractivity contribution is -0.137. The van der Waals surface area contributed by atoms with Gasteiger partial charge in [0.25, 0.3) is 0 Å². The van der Waals surface area contributed by atoms with Crippen LogP contribution >= 0.6 is 0 Å². The first-order valence-corrected chi connectivity index (χ1v) is 6.60. The third-order valence-electron chi connectivity index (χ3n) is 3.08. The van der Waals surface area contributed by atoms with Gasteiger partial charge >= 0.3 is 6.18 Å². The summed E-state index contributed by atoms with van der Waals surface area (Å²) in [6.45, 7) is 4.50. The lowest BCUT2D eigenvalue weighted by Crippen LogP contribution is -2.03. The maximum Gasteiger partial charge on any atom is 0.416 e. The summed E-state index contributed by atoms with van der Waals surface area (Å²) in [5.41, 5.74) is 3.12. The molecule has 0 bridgehead atoms. The van der Waals surface area contributed by atoms with Crippen molar-refractivity contribution < 1.29 is 13.2 Å². The molecule has 110 valence electrons. The van der Waals surface area contributed by atoms with Crippen LogP contribution in [0.25, 0.3) is 11.1 Å². The van der Waals surface area contributed by atoms with Gasteiger partial charge in [-0.25, -0.2) is 0 Å². The Bertz CT molecular complexity index is 619. The van der Waals surface area contributed by atoms with Crippen LogP contribution in [0.15, 0.2) is 53.5 Å². The Hall–Kier alpha value is -2.10. The highest BCUT2D eigenvalue weighted by molar-refractivity contribution is 5.79. The first kappa shape index (κ1) is 15.3. The third kappa shape index (κ3) is 4.18. The molecule has 0 amide bonds. The first-order chi connectivity index (χ1) is 9.86. The molecule has 2 aromatic rings. The minimum Gasteiger partial charge on any atom is -0.290 e. The summed E-state index contributed by atoms with van der Waals surface area (Å²) < 4.78 is 37.5. The van der Waals surface area contributed by atoms with Crippen molar-refractivity contribution in [2.24, 2.45) is 4.99 Å². The summed E-state index contributed by atoms with van der Waals surface area (Å²) in [5, 5.41) is 0. The van der Waals surface area contributed by atoms with Gasteiger partial charge in [0.15, 0.2) is 0 Å². The Labute approximate surface area is 122 Å². The van der Waals surface area contributed by atoms with Crippen LogP contribution in [0.4, 0.5) is 13.2 Å². The van der Waals surface area contributed by atoms with Gasteiger partial charge in [0.2, 0.25) is 0 Å². The number of aliphatic imine (C=N–C) groups is 1. The van der Waals surface area contributed by atoms with Gasteiger partial charge in [-0.2, -0.15) is 13.2 Å². The van der Waals surface area contributed by atoms with Crippen molar-refractivity contribution in [2.45, 2.75) is 26.6 Å². The van der Waals surface area contributed by atoms with Gasteiger partial charge < -0.3 is 0 Å². The molecule has 0 N–H and O–H groups in total. The zero-order valence-electron chi connectivity index (χ0n) is 11.9. The fourth-order valence-electron chi connectivity index (χ4n) is 1.90. The van der Waals surface area contributed by atoms with Crippen molar-refractivity contribution in [3.8, 4) is 11.1 Å². The smallest absolute Gasteiger partial charge is 0.290 e. The predicted molar refractivity (Wildman–Crippen MR) is 79.4 cm³/mol. The van der Waals surface area contributed by atoms with E-state index in [2.05, 4.69) is 4.99 Å². The number of hydrogen-bond acceptors (Lipinski definition) is 1. The summed E-state index contributed by atoms with van der Waals surface area (Å²) in [5.74, 6) is 0. The quantitative estimate of drug-likeness (QED) is 0.676. The zero-order chi connectivity index (χ0) is 15.5. The second-order valence-corrected chi connectivity index (χ2v) is 5.04. The van der Waals surface area contributed by atoms with E-state index in [-0.39, 0.29) is 0 Å². The van der Waals surface area contributed by atoms with Crippen LogP contribution in [0.2, 0.25) is 0 Å². The van der Waals surface area contributed by atoms with Crippen molar-refractivity contribution >= 4 is 5.71 Å². The first-order valence-electron chi connectivity index (χ1n) is 6.60. The predicted octanol–water partition coefficient (Wildman–Crippen LogP) is 5.35. The molecule has 0 saturated carbocycles. The summed E-state index contributed by atoms with van der Waals surface area (Å²) in [4.78, 5) is 4.33. The summed E-state index contributed by atoms with van der Waals surface area (Å²) in [6, 6.07) is 12.9. The number of alkyl halides is 3. The van der Waals surface area contributed by atoms with Crippen molar-refractivity contribution in [3.05, 3.63) is 59.7 Å². The van der Waals surface area contributed by atoms with E-state index in [1.807, 2.05) is 38.1 Å². The SMILES string of the molecule is CC(C)=NCc1ccc(-c2ccc(C(F)(F)F)cc2)cc1. The van der Waals surface area contributed by atoms with Crippen LogP contribution in [-0.2, 0) is 12.7 Å². The molecule has 0 radical (unpaired) electrons. The van der Waals surface area contributed by atoms with E-state index >= 15 is 0 Å². The largest absolute Gasteiger partial charge is 0.416 e. The molecule has 0 fully saturated rings. The third-order valence-corrected chi connectivity index (χ3v) is 3.08. The maximum absolute atomic E-state index is 12.5. The van der Waals surface area contributed by atoms with E-state index in [1.54, 1.807) is 0 Å². The summed E-state index contributed by atoms with van der Waals surface area (Å²) in [6.07, 6.45) is -4.29. The Morgan fingerprint density at radius 2 is 1.33 bits per heavy atom. The highest BCUT2D eigenvalue weighted by Gasteiger charge is 2.29. The minimum absolute atomic E-state index is 0.621. The summed E-state index contributed by atoms with van der Waals surface area (Å²) >= 11 is 0. The summed E-state index contributed by atoms with van der Waals surface area (Å²) in [7, 11) is 0. The molecule has 0 aliphatic heterocycles. The average Bonchev–Trinajstić information content (AvgIpc) is 2.45. The van der Waals surface area contributed by atoms with E-state index in [4.69, 9.17) is 0 Å². The van der Waals surface area contributed by atoms with Gasteiger partial charge in [0.05, 0.1) is 12.1 Å². The van der Waals surface area contributed by atoms with Crippen LogP contribution in [0, 0.1) is 0 Å². The molecule has 0 aromatic heterocycles. The highest BCUT2D eigenvalue weighted by atomic mass is 19.4. The molecule has 0 heterocycles. The molecule has 0 spiro atoms. The lowest BCUT2D eigenvalue weighted by Gasteiger charge is -2.08. The van der Waals surface area contributed by atoms with Gasteiger partial charge in [-0.15, -0.1) is 0 Å². The Morgan fingerprint density at radius 1 is 0.857 bits per heavy atom. The van der Waals surface area contributed by atoms with Gasteiger partial charge in [0.1, 0.15) is 0 Å². The van der Waals surface area contributed by atoms with E-state index in [1.165, 1.54) is 12.1 Å². The molecule has 4 heteroatoms. The van der Waals surface area contributed by atoms with E-state index in [0.29, 0.717) is 6.54 Å². The average molecular weight is 291 g/mol. The van der Waals surface area contributed by atoms with Crippen molar-refractivity contribution in [3.63, 3.8) is 0 Å². The standard InChI is InChI=1S/C17H16F3N/c1-12(2)21-11-13-3-5-14(6-4-13)15-7-9-16(10-8-15)17(18,19)20/h3-10H,11H2,1-2H3. The second-order valence-electron chi connectivity index (χ2n) is 5.04. The number of benzene rings is 2. The van der Waals surface area contributed by atoms with Gasteiger partial charge in [0, 0.05) is 5.71 Å². The minimum atomic E-state index is -4.29. The highest BCUT2D eigenvalue weighted by Crippen LogP contribution is 2.31. The van der Waals surface area contributed by atoms with Crippen LogP contribution in [0.5, 0.6) is 0 Å². The molecule has 0 unspecified atom stereocenters. The van der Waals surface area contributed by atoms with Crippen molar-refractivity contribution in [1.29, 1.82) is 0 Å². The van der Waals surface area contributed by atoms with Crippen LogP contribution in [-0.4, -0.2) is 5.71 Å². The van der Waals surface area contributed by atoms with Crippen molar-refractivity contribution in [2.75, 3.05) is 0 Å². The lowest BCUT2D eigenvalue weighted by atomic mass is 10.0. The number of halogens is 3. The molecular formula is C17H16F3N. The monoisotopic (exact) mass is 291 g/mol. The number of rotatable bonds is 3. The zero-order valence-corrected chi connectivity index (χ0v) is 11.9. The number of nitrogens with zero attached hydrogens (tertiary/aromatic N) is 1. The molecular weight excluding hydrogens is 275 g/mol. The fraction of sp³-hybridized carbons (Fsp3) is 0.235. The van der Waals surface area contributed by atoms with Crippen LogP contribution < -0.4 is 0 Å². The van der Waals surface area contributed by atoms with Crippen LogP contribution in [0.1, 0.15) is 25.0 Å². The molecule has 0 atom stereocenters. The van der Waals surface area contributed by atoms with Gasteiger partial charge in [-0.1, -0.05) is 36.4 Å². The molecule has 1 nitrogen and oxygen atoms in total. The second kappa shape index (κ2) is 6.12. The van der Waals surface area contributed by atoms with Crippen LogP contribution in [0.3, 0.4) is 0 Å². The molecule has 0 aliphatic rings. The van der Waals surface area contributed by atoms with Crippen molar-refractivity contribution in [1.82, 2.24) is 0 Å². The molecule has 2 aromatic carbocycles. The molecule has 21 heavy (non-hydrogen) atoms. The van der Waals surface area contributed by atoms with E-state index in [0.717, 1.165) is 34.5 Å². The molecule has 2 rings (SSSR count).